The fourth-order valence-corrected chi connectivity index (χ4v) is 2.81. The van der Waals surface area contributed by atoms with Crippen LogP contribution < -0.4 is 5.32 Å². The summed E-state index contributed by atoms with van der Waals surface area (Å²) in [6.07, 6.45) is 3.09. The van der Waals surface area contributed by atoms with E-state index in [9.17, 15) is 4.79 Å². The van der Waals surface area contributed by atoms with E-state index in [0.717, 1.165) is 64.1 Å². The second-order valence-corrected chi connectivity index (χ2v) is 5.97. The number of amides is 1. The zero-order valence-corrected chi connectivity index (χ0v) is 13.3. The summed E-state index contributed by atoms with van der Waals surface area (Å²) in [5, 5.41) is 3.41. The monoisotopic (exact) mass is 301 g/mol. The standard InChI is InChI=1S/C18H27N3O/c1-17-13-19-9-5-10-20(11-6-12-21(14-17)16-22)15-18-7-3-2-4-8-18/h2-4,7-8,16,19H,1,5-6,9-15H2. The van der Waals surface area contributed by atoms with Crippen molar-refractivity contribution in [1.29, 1.82) is 0 Å². The lowest BCUT2D eigenvalue weighted by atomic mass is 10.2. The number of carbonyl (C=O) groups excluding carboxylic acids is 1. The van der Waals surface area contributed by atoms with Crippen LogP contribution in [0.3, 0.4) is 0 Å². The first-order valence-electron chi connectivity index (χ1n) is 8.11. The molecule has 0 aliphatic carbocycles. The van der Waals surface area contributed by atoms with E-state index in [-0.39, 0.29) is 0 Å². The molecule has 0 atom stereocenters. The summed E-state index contributed by atoms with van der Waals surface area (Å²) >= 11 is 0. The van der Waals surface area contributed by atoms with Gasteiger partial charge in [0.2, 0.25) is 6.41 Å². The molecule has 0 unspecified atom stereocenters. The average Bonchev–Trinajstić information content (AvgIpc) is 2.53. The van der Waals surface area contributed by atoms with Gasteiger partial charge in [-0.1, -0.05) is 36.9 Å². The molecular formula is C18H27N3O. The summed E-state index contributed by atoms with van der Waals surface area (Å²) in [4.78, 5) is 15.5. The predicted molar refractivity (Wildman–Crippen MR) is 90.6 cm³/mol. The molecule has 0 radical (unpaired) electrons. The van der Waals surface area contributed by atoms with Crippen LogP contribution in [0.1, 0.15) is 18.4 Å². The first-order valence-corrected chi connectivity index (χ1v) is 8.11. The minimum absolute atomic E-state index is 0.662. The van der Waals surface area contributed by atoms with E-state index in [1.807, 2.05) is 4.90 Å². The highest BCUT2D eigenvalue weighted by molar-refractivity contribution is 5.47. The Balaban J connectivity index is 1.91. The number of nitrogens with one attached hydrogen (secondary N) is 1. The number of hydrogen-bond acceptors (Lipinski definition) is 3. The van der Waals surface area contributed by atoms with E-state index < -0.39 is 0 Å². The Morgan fingerprint density at radius 2 is 1.91 bits per heavy atom. The molecule has 1 aliphatic heterocycles. The van der Waals surface area contributed by atoms with Crippen LogP contribution in [0.5, 0.6) is 0 Å². The summed E-state index contributed by atoms with van der Waals surface area (Å²) in [5.74, 6) is 0. The molecule has 0 saturated carbocycles. The normalized spacial score (nSPS) is 19.3. The Morgan fingerprint density at radius 1 is 1.14 bits per heavy atom. The van der Waals surface area contributed by atoms with Crippen molar-refractivity contribution in [1.82, 2.24) is 15.1 Å². The third-order valence-corrected chi connectivity index (χ3v) is 3.95. The Labute approximate surface area is 133 Å². The van der Waals surface area contributed by atoms with Crippen LogP contribution in [0.25, 0.3) is 0 Å². The van der Waals surface area contributed by atoms with Crippen molar-refractivity contribution in [3.8, 4) is 0 Å². The molecule has 1 amide bonds. The molecule has 1 aromatic rings. The van der Waals surface area contributed by atoms with Crippen LogP contribution in [0, 0.1) is 0 Å². The van der Waals surface area contributed by atoms with Crippen molar-refractivity contribution in [3.05, 3.63) is 48.0 Å². The lowest BCUT2D eigenvalue weighted by Crippen LogP contribution is -2.35. The molecule has 1 aromatic carbocycles. The van der Waals surface area contributed by atoms with E-state index in [0.29, 0.717) is 6.54 Å². The largest absolute Gasteiger partial charge is 0.341 e. The zero-order chi connectivity index (χ0) is 15.6. The van der Waals surface area contributed by atoms with Crippen molar-refractivity contribution in [2.24, 2.45) is 0 Å². The Hall–Kier alpha value is -1.65. The quantitative estimate of drug-likeness (QED) is 0.684. The lowest BCUT2D eigenvalue weighted by Gasteiger charge is -2.26. The van der Waals surface area contributed by atoms with Crippen LogP contribution >= 0.6 is 0 Å². The number of rotatable bonds is 3. The molecule has 0 spiro atoms. The van der Waals surface area contributed by atoms with Gasteiger partial charge in [0.15, 0.2) is 0 Å². The Bertz CT molecular complexity index is 461. The van der Waals surface area contributed by atoms with Gasteiger partial charge >= 0.3 is 0 Å². The fraction of sp³-hybridized carbons (Fsp3) is 0.500. The smallest absolute Gasteiger partial charge is 0.209 e. The zero-order valence-electron chi connectivity index (χ0n) is 13.3. The highest BCUT2D eigenvalue weighted by Gasteiger charge is 2.10. The van der Waals surface area contributed by atoms with Crippen LogP contribution in [-0.2, 0) is 11.3 Å². The summed E-state index contributed by atoms with van der Waals surface area (Å²) in [6, 6.07) is 10.6. The van der Waals surface area contributed by atoms with E-state index in [2.05, 4.69) is 47.1 Å². The molecule has 4 heteroatoms. The van der Waals surface area contributed by atoms with Gasteiger partial charge < -0.3 is 10.2 Å². The van der Waals surface area contributed by atoms with Crippen LogP contribution in [0.4, 0.5) is 0 Å². The minimum atomic E-state index is 0.662. The van der Waals surface area contributed by atoms with Crippen LogP contribution in [0.15, 0.2) is 42.5 Å². The summed E-state index contributed by atoms with van der Waals surface area (Å²) in [5.41, 5.74) is 2.43. The van der Waals surface area contributed by atoms with Gasteiger partial charge in [0.1, 0.15) is 0 Å². The number of benzene rings is 1. The molecule has 1 saturated heterocycles. The minimum Gasteiger partial charge on any atom is -0.341 e. The average molecular weight is 301 g/mol. The second kappa shape index (κ2) is 9.38. The molecule has 120 valence electrons. The van der Waals surface area contributed by atoms with Crippen molar-refractivity contribution in [3.63, 3.8) is 0 Å². The van der Waals surface area contributed by atoms with Gasteiger partial charge in [-0.05, 0) is 37.1 Å². The second-order valence-electron chi connectivity index (χ2n) is 5.97. The summed E-state index contributed by atoms with van der Waals surface area (Å²) in [6.45, 7) is 10.4. The van der Waals surface area contributed by atoms with Gasteiger partial charge in [-0.3, -0.25) is 9.69 Å². The van der Waals surface area contributed by atoms with E-state index in [1.54, 1.807) is 0 Å². The van der Waals surface area contributed by atoms with Crippen molar-refractivity contribution in [2.45, 2.75) is 19.4 Å². The van der Waals surface area contributed by atoms with Gasteiger partial charge in [0.05, 0.1) is 0 Å². The van der Waals surface area contributed by atoms with Crippen molar-refractivity contribution < 1.29 is 4.79 Å². The SMILES string of the molecule is C=C1CNCCCN(Cc2ccccc2)CCCN(C=O)C1. The van der Waals surface area contributed by atoms with Gasteiger partial charge in [-0.15, -0.1) is 0 Å². The molecular weight excluding hydrogens is 274 g/mol. The van der Waals surface area contributed by atoms with Gasteiger partial charge in [0, 0.05) is 32.7 Å². The molecule has 0 aromatic heterocycles. The third-order valence-electron chi connectivity index (χ3n) is 3.95. The Kier molecular flexibility index (Phi) is 7.13. The van der Waals surface area contributed by atoms with Crippen molar-refractivity contribution >= 4 is 6.41 Å². The highest BCUT2D eigenvalue weighted by Crippen LogP contribution is 2.07. The van der Waals surface area contributed by atoms with Crippen LogP contribution in [-0.4, -0.2) is 55.5 Å². The maximum Gasteiger partial charge on any atom is 0.209 e. The first kappa shape index (κ1) is 16.7. The molecule has 22 heavy (non-hydrogen) atoms. The third kappa shape index (κ3) is 6.00. The topological polar surface area (TPSA) is 35.6 Å². The molecule has 2 rings (SSSR count). The molecule has 4 nitrogen and oxygen atoms in total. The van der Waals surface area contributed by atoms with E-state index in [1.165, 1.54) is 5.56 Å². The fourth-order valence-electron chi connectivity index (χ4n) is 2.81. The number of hydrogen-bond donors (Lipinski definition) is 1. The van der Waals surface area contributed by atoms with Crippen molar-refractivity contribution in [2.75, 3.05) is 39.3 Å². The molecule has 1 heterocycles. The molecule has 0 bridgehead atoms. The summed E-state index contributed by atoms with van der Waals surface area (Å²) in [7, 11) is 0. The number of nitrogens with zero attached hydrogens (tertiary/aromatic N) is 2. The van der Waals surface area contributed by atoms with Crippen LogP contribution in [0.2, 0.25) is 0 Å². The molecule has 1 N–H and O–H groups in total. The van der Waals surface area contributed by atoms with E-state index >= 15 is 0 Å². The van der Waals surface area contributed by atoms with E-state index in [4.69, 9.17) is 0 Å². The molecule has 1 fully saturated rings. The van der Waals surface area contributed by atoms with Gasteiger partial charge in [-0.25, -0.2) is 0 Å². The Morgan fingerprint density at radius 3 is 2.68 bits per heavy atom. The first-order chi connectivity index (χ1) is 10.8. The molecule has 1 aliphatic rings. The van der Waals surface area contributed by atoms with Gasteiger partial charge in [-0.2, -0.15) is 0 Å². The maximum atomic E-state index is 11.1. The lowest BCUT2D eigenvalue weighted by molar-refractivity contribution is -0.117. The maximum absolute atomic E-state index is 11.1. The summed E-state index contributed by atoms with van der Waals surface area (Å²) < 4.78 is 0. The highest BCUT2D eigenvalue weighted by atomic mass is 16.1. The number of carbonyl (C=O) groups is 1. The van der Waals surface area contributed by atoms with Gasteiger partial charge in [0.25, 0.3) is 0 Å². The predicted octanol–water partition coefficient (Wildman–Crippen LogP) is 1.89.